The van der Waals surface area contributed by atoms with Crippen LogP contribution in [-0.2, 0) is 9.53 Å². The van der Waals surface area contributed by atoms with E-state index in [1.54, 1.807) is 12.1 Å². The average molecular weight is 593 g/mol. The number of hydrogen-bond donors (Lipinski definition) is 3. The summed E-state index contributed by atoms with van der Waals surface area (Å²) in [6.07, 6.45) is 8.82. The van der Waals surface area contributed by atoms with Gasteiger partial charge >= 0.3 is 11.9 Å². The van der Waals surface area contributed by atoms with Crippen LogP contribution in [0.2, 0.25) is 0 Å². The Morgan fingerprint density at radius 3 is 2.05 bits per heavy atom. The van der Waals surface area contributed by atoms with Crippen LogP contribution in [0.3, 0.4) is 0 Å². The van der Waals surface area contributed by atoms with Gasteiger partial charge in [0.2, 0.25) is 0 Å². The lowest BCUT2D eigenvalue weighted by molar-refractivity contribution is -0.219. The van der Waals surface area contributed by atoms with Crippen LogP contribution >= 0.6 is 0 Å². The zero-order valence-corrected chi connectivity index (χ0v) is 27.2. The number of carbonyl (C=O) groups is 2. The zero-order valence-electron chi connectivity index (χ0n) is 27.2. The molecule has 0 amide bonds. The van der Waals surface area contributed by atoms with Gasteiger partial charge in [-0.1, -0.05) is 60.1 Å². The van der Waals surface area contributed by atoms with E-state index in [0.717, 1.165) is 44.9 Å². The van der Waals surface area contributed by atoms with Gasteiger partial charge in [-0.3, -0.25) is 4.79 Å². The van der Waals surface area contributed by atoms with Crippen molar-refractivity contribution < 1.29 is 29.6 Å². The Labute approximate surface area is 257 Å². The fourth-order valence-electron chi connectivity index (χ4n) is 11.9. The van der Waals surface area contributed by atoms with Gasteiger partial charge < -0.3 is 20.1 Å². The molecule has 4 fully saturated rings. The molecule has 0 spiro atoms. The minimum absolute atomic E-state index is 0.0750. The third-order valence-corrected chi connectivity index (χ3v) is 14.0. The van der Waals surface area contributed by atoms with Crippen molar-refractivity contribution in [1.82, 2.24) is 0 Å². The van der Waals surface area contributed by atoms with Crippen LogP contribution in [0.15, 0.2) is 35.9 Å². The van der Waals surface area contributed by atoms with Crippen molar-refractivity contribution in [3.8, 4) is 5.75 Å². The van der Waals surface area contributed by atoms with Gasteiger partial charge in [-0.2, -0.15) is 0 Å². The molecule has 6 nitrogen and oxygen atoms in total. The molecule has 236 valence electrons. The Morgan fingerprint density at radius 2 is 1.42 bits per heavy atom. The molecule has 4 saturated carbocycles. The third kappa shape index (κ3) is 4.28. The molecule has 6 rings (SSSR count). The number of aliphatic carboxylic acids is 1. The minimum Gasteiger partial charge on any atom is -0.508 e. The maximum Gasteiger partial charge on any atom is 0.338 e. The molecule has 0 heterocycles. The summed E-state index contributed by atoms with van der Waals surface area (Å²) in [4.78, 5) is 26.2. The highest BCUT2D eigenvalue weighted by molar-refractivity contribution is 5.89. The smallest absolute Gasteiger partial charge is 0.338 e. The number of fused-ring (bicyclic) bond motifs is 7. The second-order valence-electron chi connectivity index (χ2n) is 17.2. The lowest BCUT2D eigenvalue weighted by Gasteiger charge is -2.70. The molecule has 6 heteroatoms. The number of rotatable bonds is 3. The van der Waals surface area contributed by atoms with Crippen molar-refractivity contribution in [2.75, 3.05) is 0 Å². The van der Waals surface area contributed by atoms with E-state index in [2.05, 4.69) is 54.5 Å². The lowest BCUT2D eigenvalue weighted by Crippen LogP contribution is -2.66. The Kier molecular flexibility index (Phi) is 6.83. The van der Waals surface area contributed by atoms with Gasteiger partial charge in [0.1, 0.15) is 11.9 Å². The van der Waals surface area contributed by atoms with Gasteiger partial charge in [0.25, 0.3) is 0 Å². The van der Waals surface area contributed by atoms with Crippen LogP contribution in [-0.4, -0.2) is 39.5 Å². The number of aliphatic hydroxyl groups is 1. The number of esters is 1. The first-order chi connectivity index (χ1) is 19.9. The van der Waals surface area contributed by atoms with Crippen LogP contribution in [0, 0.1) is 50.2 Å². The second kappa shape index (κ2) is 9.58. The van der Waals surface area contributed by atoms with Crippen molar-refractivity contribution in [1.29, 1.82) is 0 Å². The van der Waals surface area contributed by atoms with Crippen LogP contribution in [0.4, 0.5) is 0 Å². The minimum atomic E-state index is -0.778. The summed E-state index contributed by atoms with van der Waals surface area (Å²) < 4.78 is 6.10. The Balaban J connectivity index is 1.36. The van der Waals surface area contributed by atoms with Crippen molar-refractivity contribution in [2.24, 2.45) is 50.2 Å². The molecule has 43 heavy (non-hydrogen) atoms. The molecule has 9 atom stereocenters. The molecule has 1 aromatic carbocycles. The Morgan fingerprint density at radius 1 is 0.814 bits per heavy atom. The molecule has 0 aliphatic heterocycles. The standard InChI is InChI=1S/C37H52O6/c1-32(2)18-19-37(31(41)42)17-14-26-34(5)15-12-25-33(3,4)29(39)24(43-30(40)22-8-10-23(38)11-9-22)20-36(25,7)27(34)13-16-35(26,6)28(37)21-32/h8-11,14,24-25,27-29,38-39H,12-13,15-21H2,1-7H3,(H,41,42)/t24-,25+,27+,28+,29-,34+,35-,36+,37-/m1/s1. The number of aliphatic hydroxyl groups excluding tert-OH is 1. The van der Waals surface area contributed by atoms with Crippen molar-refractivity contribution >= 4 is 11.9 Å². The van der Waals surface area contributed by atoms with Crippen molar-refractivity contribution in [3.63, 3.8) is 0 Å². The number of ether oxygens (including phenoxy) is 1. The van der Waals surface area contributed by atoms with Gasteiger partial charge in [0.15, 0.2) is 0 Å². The van der Waals surface area contributed by atoms with E-state index < -0.39 is 35.0 Å². The molecular weight excluding hydrogens is 540 g/mol. The lowest BCUT2D eigenvalue weighted by atomic mass is 9.34. The first-order valence-electron chi connectivity index (χ1n) is 16.5. The number of allylic oxidation sites excluding steroid dienone is 2. The van der Waals surface area contributed by atoms with E-state index in [0.29, 0.717) is 24.3 Å². The third-order valence-electron chi connectivity index (χ3n) is 14.0. The van der Waals surface area contributed by atoms with Gasteiger partial charge in [-0.25, -0.2) is 4.79 Å². The quantitative estimate of drug-likeness (QED) is 0.245. The molecule has 5 aliphatic carbocycles. The van der Waals surface area contributed by atoms with Gasteiger partial charge in [-0.15, -0.1) is 0 Å². The molecule has 0 radical (unpaired) electrons. The van der Waals surface area contributed by atoms with Gasteiger partial charge in [0, 0.05) is 0 Å². The summed E-state index contributed by atoms with van der Waals surface area (Å²) in [6.45, 7) is 16.1. The first-order valence-corrected chi connectivity index (χ1v) is 16.5. The fourth-order valence-corrected chi connectivity index (χ4v) is 11.9. The van der Waals surface area contributed by atoms with Crippen molar-refractivity contribution in [3.05, 3.63) is 41.5 Å². The highest BCUT2D eigenvalue weighted by Crippen LogP contribution is 2.75. The van der Waals surface area contributed by atoms with Crippen molar-refractivity contribution in [2.45, 2.75) is 118 Å². The molecule has 0 unspecified atom stereocenters. The number of phenolic OH excluding ortho intramolecular Hbond substituents is 1. The summed E-state index contributed by atoms with van der Waals surface area (Å²) >= 11 is 0. The highest BCUT2D eigenvalue weighted by atomic mass is 16.6. The SMILES string of the molecule is CC1(C)CC[C@]2(C(=O)O)CC=C3[C@]4(C)CC[C@H]5C(C)(C)[C@H](O)[C@H](OC(=O)c6ccc(O)cc6)C[C@]5(C)[C@H]4CC[C@@]3(C)[C@@H]2C1. The number of hydrogen-bond acceptors (Lipinski definition) is 5. The summed E-state index contributed by atoms with van der Waals surface area (Å²) in [6, 6.07) is 6.07. The number of benzene rings is 1. The largest absolute Gasteiger partial charge is 0.508 e. The van der Waals surface area contributed by atoms with E-state index in [9.17, 15) is 24.9 Å². The first kappa shape index (κ1) is 30.7. The predicted molar refractivity (Wildman–Crippen MR) is 165 cm³/mol. The van der Waals surface area contributed by atoms with E-state index in [1.165, 1.54) is 17.7 Å². The fraction of sp³-hybridized carbons (Fsp3) is 0.730. The van der Waals surface area contributed by atoms with Crippen LogP contribution in [0.5, 0.6) is 5.75 Å². The summed E-state index contributed by atoms with van der Waals surface area (Å²) in [5, 5.41) is 32.0. The van der Waals surface area contributed by atoms with E-state index >= 15 is 0 Å². The Hall–Kier alpha value is -2.34. The molecule has 1 aromatic rings. The predicted octanol–water partition coefficient (Wildman–Crippen LogP) is 7.77. The summed E-state index contributed by atoms with van der Waals surface area (Å²) in [7, 11) is 0. The number of carboxylic acid groups (broad SMARTS) is 1. The van der Waals surface area contributed by atoms with Crippen LogP contribution < -0.4 is 0 Å². The number of phenols is 1. The molecular formula is C37H52O6. The molecule has 0 bridgehead atoms. The monoisotopic (exact) mass is 592 g/mol. The molecule has 3 N–H and O–H groups in total. The number of carboxylic acids is 1. The molecule has 0 aromatic heterocycles. The number of aromatic hydroxyl groups is 1. The highest BCUT2D eigenvalue weighted by Gasteiger charge is 2.69. The maximum absolute atomic E-state index is 13.2. The van der Waals surface area contributed by atoms with Crippen LogP contribution in [0.25, 0.3) is 0 Å². The summed E-state index contributed by atoms with van der Waals surface area (Å²) in [5.41, 5.74) is 0.467. The molecule has 0 saturated heterocycles. The summed E-state index contributed by atoms with van der Waals surface area (Å²) in [5.74, 6) is -0.268. The maximum atomic E-state index is 13.2. The number of carbonyl (C=O) groups excluding carboxylic acids is 1. The zero-order chi connectivity index (χ0) is 31.4. The van der Waals surface area contributed by atoms with E-state index in [-0.39, 0.29) is 39.2 Å². The Bertz CT molecular complexity index is 1340. The topological polar surface area (TPSA) is 104 Å². The van der Waals surface area contributed by atoms with E-state index in [1.807, 2.05) is 0 Å². The second-order valence-corrected chi connectivity index (χ2v) is 17.2. The normalized spacial score (nSPS) is 44.5. The van der Waals surface area contributed by atoms with Gasteiger partial charge in [0.05, 0.1) is 17.1 Å². The van der Waals surface area contributed by atoms with E-state index in [4.69, 9.17) is 4.74 Å². The average Bonchev–Trinajstić information content (AvgIpc) is 2.91. The molecule has 5 aliphatic rings. The van der Waals surface area contributed by atoms with Gasteiger partial charge in [-0.05, 0) is 127 Å². The van der Waals surface area contributed by atoms with Crippen LogP contribution in [0.1, 0.15) is 117 Å².